The van der Waals surface area contributed by atoms with Crippen LogP contribution in [0, 0.1) is 0 Å². The molecule has 0 saturated heterocycles. The summed E-state index contributed by atoms with van der Waals surface area (Å²) in [7, 11) is 0. The van der Waals surface area contributed by atoms with Crippen molar-refractivity contribution < 1.29 is 18.3 Å². The van der Waals surface area contributed by atoms with Gasteiger partial charge in [0.15, 0.2) is 0 Å². The van der Waals surface area contributed by atoms with Gasteiger partial charge >= 0.3 is 0 Å². The summed E-state index contributed by atoms with van der Waals surface area (Å²) in [6.07, 6.45) is 4.68. The van der Waals surface area contributed by atoms with Gasteiger partial charge in [-0.15, -0.1) is 0 Å². The summed E-state index contributed by atoms with van der Waals surface area (Å²) in [5.41, 5.74) is 0.748. The maximum absolute atomic E-state index is 13.2. The molecule has 1 aromatic carbocycles. The van der Waals surface area contributed by atoms with Crippen molar-refractivity contribution in [2.75, 3.05) is 16.2 Å². The van der Waals surface area contributed by atoms with Crippen LogP contribution in [0.5, 0.6) is 5.88 Å². The van der Waals surface area contributed by atoms with E-state index in [9.17, 15) is 13.6 Å². The van der Waals surface area contributed by atoms with Gasteiger partial charge in [0.2, 0.25) is 17.7 Å². The summed E-state index contributed by atoms with van der Waals surface area (Å²) in [5.74, 6) is 0.223. The predicted molar refractivity (Wildman–Crippen MR) is 135 cm³/mol. The average Bonchev–Trinajstić information content (AvgIpc) is 2.79. The molecule has 0 aliphatic rings. The van der Waals surface area contributed by atoms with Crippen LogP contribution in [0.15, 0.2) is 48.9 Å². The van der Waals surface area contributed by atoms with E-state index in [1.807, 2.05) is 19.1 Å². The zero-order valence-electron chi connectivity index (χ0n) is 20.6. The van der Waals surface area contributed by atoms with Crippen LogP contribution in [0.2, 0.25) is 0 Å². The molecule has 0 aliphatic heterocycles. The first-order chi connectivity index (χ1) is 16.4. The van der Waals surface area contributed by atoms with Crippen molar-refractivity contribution in [3.8, 4) is 17.1 Å². The zero-order valence-corrected chi connectivity index (χ0v) is 21.5. The number of ether oxygens (including phenoxy) is 1. The smallest absolute Gasteiger partial charge is 0.264 e. The third-order valence-corrected chi connectivity index (χ3v) is 6.16. The average molecular weight is 499 g/mol. The summed E-state index contributed by atoms with van der Waals surface area (Å²) >= 11 is -2.33. The fourth-order valence-corrected chi connectivity index (χ4v) is 3.93. The molecule has 10 nitrogen and oxygen atoms in total. The van der Waals surface area contributed by atoms with Gasteiger partial charge in [-0.25, -0.2) is 23.5 Å². The first-order valence-corrected chi connectivity index (χ1v) is 12.1. The van der Waals surface area contributed by atoms with Crippen LogP contribution < -0.4 is 14.4 Å². The van der Waals surface area contributed by atoms with E-state index in [1.165, 1.54) is 10.5 Å². The number of nitrogens with zero attached hydrogens (tertiary/aromatic N) is 5. The molecule has 1 atom stereocenters. The molecule has 2 N–H and O–H groups in total. The van der Waals surface area contributed by atoms with Crippen molar-refractivity contribution in [3.05, 3.63) is 54.6 Å². The number of nitrogens with one attached hydrogen (secondary N) is 1. The quantitative estimate of drug-likeness (QED) is 0.446. The van der Waals surface area contributed by atoms with Crippen LogP contribution in [0.1, 0.15) is 47.2 Å². The second-order valence-electron chi connectivity index (χ2n) is 9.27. The summed E-state index contributed by atoms with van der Waals surface area (Å²) in [5, 5.41) is 2.91. The van der Waals surface area contributed by atoms with Crippen molar-refractivity contribution in [3.63, 3.8) is 0 Å². The molecule has 35 heavy (non-hydrogen) atoms. The minimum Gasteiger partial charge on any atom is -0.477 e. The van der Waals surface area contributed by atoms with Gasteiger partial charge in [0.05, 0.1) is 41.3 Å². The first kappa shape index (κ1) is 26.2. The molecule has 2 aromatic heterocycles. The lowest BCUT2D eigenvalue weighted by Gasteiger charge is -2.32. The van der Waals surface area contributed by atoms with E-state index in [1.54, 1.807) is 65.2 Å². The van der Waals surface area contributed by atoms with E-state index in [4.69, 9.17) is 4.74 Å². The van der Waals surface area contributed by atoms with Crippen LogP contribution in [-0.2, 0) is 21.5 Å². The number of hydrogen-bond donors (Lipinski definition) is 2. The summed E-state index contributed by atoms with van der Waals surface area (Å²) in [6.45, 7) is 11.2. The molecule has 0 radical (unpaired) electrons. The highest BCUT2D eigenvalue weighted by atomic mass is 32.2. The Bertz CT molecular complexity index is 1210. The molecule has 0 bridgehead atoms. The SMILES string of the molecule is CCOc1cncc(-c2ccc(NC(=O)C(C)(C)c3ccnc(N(S(=O)O)C(C)(C)C)n3)cc2)n1. The van der Waals surface area contributed by atoms with Crippen molar-refractivity contribution in [1.29, 1.82) is 0 Å². The maximum atomic E-state index is 13.2. The second kappa shape index (κ2) is 10.4. The third-order valence-electron chi connectivity index (χ3n) is 5.14. The molecule has 0 fully saturated rings. The standard InChI is InChI=1S/C24H30N6O4S/c1-7-34-20-15-25-14-18(28-20)16-8-10-17(11-9-16)27-21(31)24(5,6)19-12-13-26-22(29-19)30(35(32)33)23(2,3)4/h8-15H,7H2,1-6H3,(H,27,31)(H,32,33). The van der Waals surface area contributed by atoms with Gasteiger partial charge in [0.25, 0.3) is 11.3 Å². The number of benzene rings is 1. The molecule has 0 aliphatic carbocycles. The Morgan fingerprint density at radius 1 is 1.09 bits per heavy atom. The lowest BCUT2D eigenvalue weighted by Crippen LogP contribution is -2.44. The van der Waals surface area contributed by atoms with E-state index in [-0.39, 0.29) is 11.9 Å². The Morgan fingerprint density at radius 3 is 2.37 bits per heavy atom. The number of hydrogen-bond acceptors (Lipinski definition) is 7. The minimum atomic E-state index is -2.33. The Labute approximate surface area is 207 Å². The Balaban J connectivity index is 1.80. The molecule has 2 heterocycles. The molecule has 1 amide bonds. The Hall–Kier alpha value is -3.44. The van der Waals surface area contributed by atoms with E-state index in [0.717, 1.165) is 5.56 Å². The van der Waals surface area contributed by atoms with Crippen molar-refractivity contribution in [1.82, 2.24) is 19.9 Å². The van der Waals surface area contributed by atoms with Crippen LogP contribution in [-0.4, -0.2) is 46.8 Å². The summed E-state index contributed by atoms with van der Waals surface area (Å²) < 4.78 is 28.3. The minimum absolute atomic E-state index is 0.0662. The maximum Gasteiger partial charge on any atom is 0.264 e. The first-order valence-electron chi connectivity index (χ1n) is 11.0. The number of aromatic nitrogens is 4. The number of carbonyl (C=O) groups excluding carboxylic acids is 1. The number of rotatable bonds is 8. The van der Waals surface area contributed by atoms with Crippen LogP contribution >= 0.6 is 0 Å². The second-order valence-corrected chi connectivity index (χ2v) is 10.1. The highest BCUT2D eigenvalue weighted by Gasteiger charge is 2.34. The molecule has 3 aromatic rings. The Morgan fingerprint density at radius 2 is 1.77 bits per heavy atom. The fraction of sp³-hybridized carbons (Fsp3) is 0.375. The molecular formula is C24H30N6O4S. The van der Waals surface area contributed by atoms with Crippen molar-refractivity contribution in [2.45, 2.75) is 52.5 Å². The van der Waals surface area contributed by atoms with Crippen LogP contribution in [0.3, 0.4) is 0 Å². The highest BCUT2D eigenvalue weighted by Crippen LogP contribution is 2.28. The monoisotopic (exact) mass is 498 g/mol. The molecule has 186 valence electrons. The van der Waals surface area contributed by atoms with Gasteiger partial charge in [-0.05, 0) is 59.7 Å². The van der Waals surface area contributed by atoms with Gasteiger partial charge < -0.3 is 10.1 Å². The van der Waals surface area contributed by atoms with Gasteiger partial charge in [-0.1, -0.05) is 12.1 Å². The van der Waals surface area contributed by atoms with Gasteiger partial charge in [0, 0.05) is 17.4 Å². The number of carbonyl (C=O) groups is 1. The summed E-state index contributed by atoms with van der Waals surface area (Å²) in [4.78, 5) is 30.4. The normalized spacial score (nSPS) is 12.7. The van der Waals surface area contributed by atoms with E-state index >= 15 is 0 Å². The fourth-order valence-electron chi connectivity index (χ4n) is 3.23. The molecule has 0 spiro atoms. The lowest BCUT2D eigenvalue weighted by atomic mass is 9.88. The summed E-state index contributed by atoms with van der Waals surface area (Å²) in [6, 6.07) is 8.85. The highest BCUT2D eigenvalue weighted by molar-refractivity contribution is 7.80. The van der Waals surface area contributed by atoms with Crippen LogP contribution in [0.25, 0.3) is 11.3 Å². The van der Waals surface area contributed by atoms with E-state index in [0.29, 0.717) is 29.6 Å². The molecule has 0 saturated carbocycles. The van der Waals surface area contributed by atoms with E-state index in [2.05, 4.69) is 25.3 Å². The molecular weight excluding hydrogens is 468 g/mol. The largest absolute Gasteiger partial charge is 0.477 e. The van der Waals surface area contributed by atoms with E-state index < -0.39 is 22.2 Å². The molecule has 11 heteroatoms. The lowest BCUT2D eigenvalue weighted by molar-refractivity contribution is -0.120. The third kappa shape index (κ3) is 6.17. The number of anilines is 2. The number of amides is 1. The van der Waals surface area contributed by atoms with Gasteiger partial charge in [0.1, 0.15) is 0 Å². The predicted octanol–water partition coefficient (Wildman–Crippen LogP) is 3.99. The topological polar surface area (TPSA) is 130 Å². The molecule has 1 unspecified atom stereocenters. The zero-order chi connectivity index (χ0) is 25.8. The Kier molecular flexibility index (Phi) is 7.81. The molecule has 3 rings (SSSR count). The van der Waals surface area contributed by atoms with Gasteiger partial charge in [-0.3, -0.25) is 14.3 Å². The van der Waals surface area contributed by atoms with Crippen LogP contribution in [0.4, 0.5) is 11.6 Å². The van der Waals surface area contributed by atoms with Crippen molar-refractivity contribution >= 4 is 28.8 Å². The van der Waals surface area contributed by atoms with Gasteiger partial charge in [-0.2, -0.15) is 0 Å². The van der Waals surface area contributed by atoms with Crippen molar-refractivity contribution in [2.24, 2.45) is 0 Å².